The fourth-order valence-corrected chi connectivity index (χ4v) is 1.61. The van der Waals surface area contributed by atoms with E-state index >= 15 is 0 Å². The Labute approximate surface area is 103 Å². The fourth-order valence-electron chi connectivity index (χ4n) is 1.55. The van der Waals surface area contributed by atoms with Gasteiger partial charge in [0.1, 0.15) is 22.9 Å². The van der Waals surface area contributed by atoms with E-state index in [4.69, 9.17) is 27.1 Å². The summed E-state index contributed by atoms with van der Waals surface area (Å²) in [5.74, 6) is 0.569. The van der Waals surface area contributed by atoms with Crippen LogP contribution in [0.15, 0.2) is 33.5 Å². The molecule has 0 saturated heterocycles. The van der Waals surface area contributed by atoms with Crippen molar-refractivity contribution in [2.24, 2.45) is 5.73 Å². The Morgan fingerprint density at radius 3 is 2.94 bits per heavy atom. The van der Waals surface area contributed by atoms with E-state index in [0.717, 1.165) is 10.9 Å². The van der Waals surface area contributed by atoms with Gasteiger partial charge in [0, 0.05) is 17.5 Å². The third-order valence-corrected chi connectivity index (χ3v) is 2.42. The summed E-state index contributed by atoms with van der Waals surface area (Å²) in [5, 5.41) is 0.882. The van der Waals surface area contributed by atoms with E-state index in [-0.39, 0.29) is 17.2 Å². The lowest BCUT2D eigenvalue weighted by Crippen LogP contribution is -2.17. The first-order valence-corrected chi connectivity index (χ1v) is 5.43. The normalized spacial score (nSPS) is 10.4. The summed E-state index contributed by atoms with van der Waals surface area (Å²) in [6.07, 6.45) is 0. The molecule has 17 heavy (non-hydrogen) atoms. The van der Waals surface area contributed by atoms with E-state index in [2.05, 4.69) is 0 Å². The summed E-state index contributed by atoms with van der Waals surface area (Å²) in [7, 11) is 0. The van der Waals surface area contributed by atoms with Gasteiger partial charge in [-0.1, -0.05) is 12.2 Å². The van der Waals surface area contributed by atoms with Crippen LogP contribution in [0.4, 0.5) is 0 Å². The molecule has 0 fully saturated rings. The van der Waals surface area contributed by atoms with Gasteiger partial charge in [0.2, 0.25) is 0 Å². The molecule has 0 spiro atoms. The highest BCUT2D eigenvalue weighted by atomic mass is 32.1. The average Bonchev–Trinajstić information content (AvgIpc) is 2.25. The molecule has 2 N–H and O–H groups in total. The van der Waals surface area contributed by atoms with Crippen LogP contribution in [0.3, 0.4) is 0 Å². The molecule has 0 radical (unpaired) electrons. The molecule has 2 aromatic rings. The van der Waals surface area contributed by atoms with E-state index in [1.165, 1.54) is 6.07 Å². The predicted octanol–water partition coefficient (Wildman–Crippen LogP) is 1.77. The molecule has 1 heterocycles. The van der Waals surface area contributed by atoms with Crippen molar-refractivity contribution >= 4 is 28.2 Å². The Kier molecular flexibility index (Phi) is 3.10. The number of ether oxygens (including phenoxy) is 1. The highest BCUT2D eigenvalue weighted by molar-refractivity contribution is 7.80. The topological polar surface area (TPSA) is 65.5 Å². The van der Waals surface area contributed by atoms with Crippen molar-refractivity contribution in [1.29, 1.82) is 0 Å². The van der Waals surface area contributed by atoms with Crippen molar-refractivity contribution in [3.05, 3.63) is 40.2 Å². The summed E-state index contributed by atoms with van der Waals surface area (Å²) in [6, 6.07) is 6.73. The highest BCUT2D eigenvalue weighted by Crippen LogP contribution is 2.21. The molecular weight excluding hydrogens is 238 g/mol. The zero-order valence-corrected chi connectivity index (χ0v) is 10.0. The van der Waals surface area contributed by atoms with E-state index in [1.807, 2.05) is 13.0 Å². The lowest BCUT2D eigenvalue weighted by atomic mass is 10.1. The Hall–Kier alpha value is -1.88. The summed E-state index contributed by atoms with van der Waals surface area (Å²) in [5.41, 5.74) is 6.33. The second-order valence-electron chi connectivity index (χ2n) is 3.66. The van der Waals surface area contributed by atoms with Gasteiger partial charge in [-0.15, -0.1) is 0 Å². The first-order valence-electron chi connectivity index (χ1n) is 5.02. The molecule has 88 valence electrons. The van der Waals surface area contributed by atoms with Gasteiger partial charge in [-0.25, -0.2) is 4.79 Å². The lowest BCUT2D eigenvalue weighted by molar-refractivity contribution is 0.377. The summed E-state index contributed by atoms with van der Waals surface area (Å²) >= 11 is 4.71. The molecule has 0 unspecified atom stereocenters. The number of hydrogen-bond donors (Lipinski definition) is 1. The smallest absolute Gasteiger partial charge is 0.336 e. The monoisotopic (exact) mass is 249 g/mol. The minimum atomic E-state index is -0.374. The predicted molar refractivity (Wildman–Crippen MR) is 69.5 cm³/mol. The largest absolute Gasteiger partial charge is 0.486 e. The molecule has 0 aliphatic heterocycles. The van der Waals surface area contributed by atoms with Gasteiger partial charge in [0.25, 0.3) is 0 Å². The molecular formula is C12H11NO3S. The molecule has 0 saturated carbocycles. The SMILES string of the molecule is Cc1cc(=O)oc2cc(OCC(N)=S)ccc12. The Balaban J connectivity index is 2.43. The van der Waals surface area contributed by atoms with Crippen molar-refractivity contribution in [3.63, 3.8) is 0 Å². The molecule has 0 aliphatic rings. The minimum absolute atomic E-state index is 0.164. The number of fused-ring (bicyclic) bond motifs is 1. The summed E-state index contributed by atoms with van der Waals surface area (Å²) in [4.78, 5) is 11.5. The van der Waals surface area contributed by atoms with Crippen LogP contribution in [0.2, 0.25) is 0 Å². The van der Waals surface area contributed by atoms with Crippen LogP contribution in [0, 0.1) is 6.92 Å². The quantitative estimate of drug-likeness (QED) is 0.663. The lowest BCUT2D eigenvalue weighted by Gasteiger charge is -2.06. The molecule has 1 aromatic carbocycles. The van der Waals surface area contributed by atoms with Crippen molar-refractivity contribution in [2.45, 2.75) is 6.92 Å². The minimum Gasteiger partial charge on any atom is -0.486 e. The second kappa shape index (κ2) is 4.55. The van der Waals surface area contributed by atoms with Crippen LogP contribution in [-0.4, -0.2) is 11.6 Å². The molecule has 0 amide bonds. The van der Waals surface area contributed by atoms with Crippen LogP contribution in [0.5, 0.6) is 5.75 Å². The van der Waals surface area contributed by atoms with E-state index in [0.29, 0.717) is 11.3 Å². The zero-order chi connectivity index (χ0) is 12.4. The van der Waals surface area contributed by atoms with Crippen LogP contribution < -0.4 is 16.1 Å². The van der Waals surface area contributed by atoms with Gasteiger partial charge >= 0.3 is 5.63 Å². The van der Waals surface area contributed by atoms with Crippen LogP contribution in [-0.2, 0) is 0 Å². The molecule has 1 aromatic heterocycles. The maximum Gasteiger partial charge on any atom is 0.336 e. The number of hydrogen-bond acceptors (Lipinski definition) is 4. The zero-order valence-electron chi connectivity index (χ0n) is 9.23. The van der Waals surface area contributed by atoms with Gasteiger partial charge in [-0.2, -0.15) is 0 Å². The highest BCUT2D eigenvalue weighted by Gasteiger charge is 2.04. The van der Waals surface area contributed by atoms with Crippen molar-refractivity contribution in [3.8, 4) is 5.75 Å². The standard InChI is InChI=1S/C12H11NO3S/c1-7-4-12(14)16-10-5-8(2-3-9(7)10)15-6-11(13)17/h2-5H,6H2,1H3,(H2,13,17). The molecule has 5 heteroatoms. The van der Waals surface area contributed by atoms with E-state index in [9.17, 15) is 4.79 Å². The summed E-state index contributed by atoms with van der Waals surface area (Å²) < 4.78 is 10.4. The number of benzene rings is 1. The number of rotatable bonds is 3. The first-order chi connectivity index (χ1) is 8.06. The third-order valence-electron chi connectivity index (χ3n) is 2.30. The van der Waals surface area contributed by atoms with Crippen molar-refractivity contribution in [2.75, 3.05) is 6.61 Å². The van der Waals surface area contributed by atoms with Gasteiger partial charge in [-0.3, -0.25) is 0 Å². The van der Waals surface area contributed by atoms with Crippen molar-refractivity contribution in [1.82, 2.24) is 0 Å². The number of aryl methyl sites for hydroxylation is 1. The second-order valence-corrected chi connectivity index (χ2v) is 4.19. The van der Waals surface area contributed by atoms with Gasteiger partial charge < -0.3 is 14.9 Å². The number of thiocarbonyl (C=S) groups is 1. The van der Waals surface area contributed by atoms with Crippen molar-refractivity contribution < 1.29 is 9.15 Å². The molecule has 4 nitrogen and oxygen atoms in total. The third kappa shape index (κ3) is 2.62. The van der Waals surface area contributed by atoms with E-state index in [1.54, 1.807) is 12.1 Å². The van der Waals surface area contributed by atoms with E-state index < -0.39 is 0 Å². The first kappa shape index (κ1) is 11.6. The maximum atomic E-state index is 11.2. The molecule has 0 aliphatic carbocycles. The summed E-state index contributed by atoms with van der Waals surface area (Å²) in [6.45, 7) is 2.02. The van der Waals surface area contributed by atoms with Gasteiger partial charge in [0.05, 0.1) is 0 Å². The van der Waals surface area contributed by atoms with Crippen LogP contribution >= 0.6 is 12.2 Å². The Morgan fingerprint density at radius 1 is 1.47 bits per heavy atom. The Bertz CT molecular complexity index is 633. The Morgan fingerprint density at radius 2 is 2.24 bits per heavy atom. The molecule has 2 rings (SSSR count). The van der Waals surface area contributed by atoms with Crippen LogP contribution in [0.1, 0.15) is 5.56 Å². The molecule has 0 bridgehead atoms. The van der Waals surface area contributed by atoms with Gasteiger partial charge in [0.15, 0.2) is 0 Å². The van der Waals surface area contributed by atoms with Gasteiger partial charge in [-0.05, 0) is 24.6 Å². The average molecular weight is 249 g/mol. The number of nitrogens with two attached hydrogens (primary N) is 1. The van der Waals surface area contributed by atoms with Crippen LogP contribution in [0.25, 0.3) is 11.0 Å². The fraction of sp³-hybridized carbons (Fsp3) is 0.167. The maximum absolute atomic E-state index is 11.2. The molecule has 0 atom stereocenters.